The summed E-state index contributed by atoms with van der Waals surface area (Å²) in [6, 6.07) is 0. The summed E-state index contributed by atoms with van der Waals surface area (Å²) in [5, 5.41) is 0. The Hall–Kier alpha value is -1.32. The molecule has 0 saturated carbocycles. The SMILES string of the molecule is CCN(C)C(=O)Cn1cnc(C)c1C. The first-order valence-electron chi connectivity index (χ1n) is 4.78. The van der Waals surface area contributed by atoms with Crippen molar-refractivity contribution in [1.29, 1.82) is 0 Å². The van der Waals surface area contributed by atoms with E-state index in [9.17, 15) is 4.79 Å². The fraction of sp³-hybridized carbons (Fsp3) is 0.600. The maximum Gasteiger partial charge on any atom is 0.242 e. The highest BCUT2D eigenvalue weighted by Gasteiger charge is 2.09. The molecule has 0 aliphatic rings. The Bertz CT molecular complexity index is 330. The minimum Gasteiger partial charge on any atom is -0.344 e. The zero-order chi connectivity index (χ0) is 10.7. The van der Waals surface area contributed by atoms with E-state index >= 15 is 0 Å². The summed E-state index contributed by atoms with van der Waals surface area (Å²) in [6.07, 6.45) is 1.71. The highest BCUT2D eigenvalue weighted by Crippen LogP contribution is 2.04. The third-order valence-corrected chi connectivity index (χ3v) is 2.55. The van der Waals surface area contributed by atoms with Crippen molar-refractivity contribution in [3.05, 3.63) is 17.7 Å². The van der Waals surface area contributed by atoms with E-state index in [0.717, 1.165) is 17.9 Å². The predicted octanol–water partition coefficient (Wildman–Crippen LogP) is 0.978. The monoisotopic (exact) mass is 195 g/mol. The van der Waals surface area contributed by atoms with Gasteiger partial charge in [0.1, 0.15) is 6.54 Å². The predicted molar refractivity (Wildman–Crippen MR) is 55.0 cm³/mol. The molecule has 0 aromatic carbocycles. The van der Waals surface area contributed by atoms with Crippen molar-refractivity contribution in [2.75, 3.05) is 13.6 Å². The Balaban J connectivity index is 2.70. The normalized spacial score (nSPS) is 10.3. The molecule has 0 saturated heterocycles. The summed E-state index contributed by atoms with van der Waals surface area (Å²) in [5.74, 6) is 0.119. The molecule has 4 nitrogen and oxygen atoms in total. The van der Waals surface area contributed by atoms with Gasteiger partial charge in [-0.25, -0.2) is 4.98 Å². The first-order valence-corrected chi connectivity index (χ1v) is 4.78. The maximum absolute atomic E-state index is 11.6. The van der Waals surface area contributed by atoms with Crippen LogP contribution in [-0.2, 0) is 11.3 Å². The minimum absolute atomic E-state index is 0.119. The van der Waals surface area contributed by atoms with Crippen molar-refractivity contribution < 1.29 is 4.79 Å². The molecule has 4 heteroatoms. The zero-order valence-electron chi connectivity index (χ0n) is 9.24. The molecule has 0 spiro atoms. The summed E-state index contributed by atoms with van der Waals surface area (Å²) in [6.45, 7) is 7.01. The number of hydrogen-bond donors (Lipinski definition) is 0. The molecular formula is C10H17N3O. The van der Waals surface area contributed by atoms with Crippen LogP contribution in [0.5, 0.6) is 0 Å². The summed E-state index contributed by atoms with van der Waals surface area (Å²) in [5.41, 5.74) is 2.04. The second-order valence-electron chi connectivity index (χ2n) is 3.45. The van der Waals surface area contributed by atoms with Gasteiger partial charge < -0.3 is 9.47 Å². The van der Waals surface area contributed by atoms with E-state index in [0.29, 0.717) is 6.54 Å². The first kappa shape index (κ1) is 10.8. The number of carbonyl (C=O) groups is 1. The summed E-state index contributed by atoms with van der Waals surface area (Å²) < 4.78 is 1.88. The Morgan fingerprint density at radius 3 is 2.64 bits per heavy atom. The molecule has 0 N–H and O–H groups in total. The molecule has 0 aliphatic heterocycles. The Morgan fingerprint density at radius 1 is 1.57 bits per heavy atom. The van der Waals surface area contributed by atoms with E-state index in [-0.39, 0.29) is 5.91 Å². The van der Waals surface area contributed by atoms with E-state index < -0.39 is 0 Å². The number of aromatic nitrogens is 2. The van der Waals surface area contributed by atoms with Gasteiger partial charge in [0.2, 0.25) is 5.91 Å². The van der Waals surface area contributed by atoms with Gasteiger partial charge in [0, 0.05) is 19.3 Å². The van der Waals surface area contributed by atoms with E-state index in [1.54, 1.807) is 18.3 Å². The Labute approximate surface area is 84.5 Å². The van der Waals surface area contributed by atoms with Crippen LogP contribution in [0.3, 0.4) is 0 Å². The van der Waals surface area contributed by atoms with Crippen LogP contribution in [0.15, 0.2) is 6.33 Å². The van der Waals surface area contributed by atoms with Crippen molar-refractivity contribution in [2.24, 2.45) is 0 Å². The van der Waals surface area contributed by atoms with E-state index in [4.69, 9.17) is 0 Å². The first-order chi connectivity index (χ1) is 6.56. The van der Waals surface area contributed by atoms with E-state index in [2.05, 4.69) is 4.98 Å². The van der Waals surface area contributed by atoms with Gasteiger partial charge in [0.05, 0.1) is 12.0 Å². The van der Waals surface area contributed by atoms with Crippen LogP contribution in [-0.4, -0.2) is 34.0 Å². The molecular weight excluding hydrogens is 178 g/mol. The molecule has 0 unspecified atom stereocenters. The lowest BCUT2D eigenvalue weighted by Gasteiger charge is -2.15. The van der Waals surface area contributed by atoms with Gasteiger partial charge in [0.15, 0.2) is 0 Å². The van der Waals surface area contributed by atoms with Crippen LogP contribution >= 0.6 is 0 Å². The maximum atomic E-state index is 11.6. The molecule has 0 aliphatic carbocycles. The molecule has 0 atom stereocenters. The number of likely N-dealkylation sites (N-methyl/N-ethyl adjacent to an activating group) is 1. The molecule has 1 rings (SSSR count). The lowest BCUT2D eigenvalue weighted by Crippen LogP contribution is -2.29. The molecule has 0 fully saturated rings. The van der Waals surface area contributed by atoms with Gasteiger partial charge in [0.25, 0.3) is 0 Å². The summed E-state index contributed by atoms with van der Waals surface area (Å²) in [4.78, 5) is 17.4. The number of aryl methyl sites for hydroxylation is 1. The van der Waals surface area contributed by atoms with Crippen molar-refractivity contribution in [2.45, 2.75) is 27.3 Å². The van der Waals surface area contributed by atoms with Crippen LogP contribution in [0.4, 0.5) is 0 Å². The fourth-order valence-corrected chi connectivity index (χ4v) is 1.15. The third-order valence-electron chi connectivity index (χ3n) is 2.55. The molecule has 1 aromatic heterocycles. The van der Waals surface area contributed by atoms with Crippen molar-refractivity contribution in [3.63, 3.8) is 0 Å². The molecule has 0 radical (unpaired) electrons. The standard InChI is InChI=1S/C10H17N3O/c1-5-12(4)10(14)6-13-7-11-8(2)9(13)3/h7H,5-6H2,1-4H3. The van der Waals surface area contributed by atoms with Crippen LogP contribution < -0.4 is 0 Å². The molecule has 14 heavy (non-hydrogen) atoms. The zero-order valence-corrected chi connectivity index (χ0v) is 9.24. The lowest BCUT2D eigenvalue weighted by molar-refractivity contribution is -0.130. The van der Waals surface area contributed by atoms with Crippen molar-refractivity contribution >= 4 is 5.91 Å². The number of hydrogen-bond acceptors (Lipinski definition) is 2. The molecule has 0 bridgehead atoms. The molecule has 1 heterocycles. The number of carbonyl (C=O) groups excluding carboxylic acids is 1. The average Bonchev–Trinajstić information content (AvgIpc) is 2.48. The van der Waals surface area contributed by atoms with Gasteiger partial charge in [-0.2, -0.15) is 0 Å². The molecule has 78 valence electrons. The second-order valence-corrected chi connectivity index (χ2v) is 3.45. The number of nitrogens with zero attached hydrogens (tertiary/aromatic N) is 3. The number of imidazole rings is 1. The lowest BCUT2D eigenvalue weighted by atomic mass is 10.4. The topological polar surface area (TPSA) is 38.1 Å². The third kappa shape index (κ3) is 2.13. The van der Waals surface area contributed by atoms with E-state index in [1.807, 2.05) is 25.3 Å². The Morgan fingerprint density at radius 2 is 2.21 bits per heavy atom. The number of amides is 1. The van der Waals surface area contributed by atoms with Crippen molar-refractivity contribution in [1.82, 2.24) is 14.5 Å². The second kappa shape index (κ2) is 4.26. The minimum atomic E-state index is 0.119. The quantitative estimate of drug-likeness (QED) is 0.721. The molecule has 1 amide bonds. The van der Waals surface area contributed by atoms with Crippen LogP contribution in [0.25, 0.3) is 0 Å². The summed E-state index contributed by atoms with van der Waals surface area (Å²) in [7, 11) is 1.81. The van der Waals surface area contributed by atoms with Gasteiger partial charge in [-0.1, -0.05) is 0 Å². The van der Waals surface area contributed by atoms with Crippen molar-refractivity contribution in [3.8, 4) is 0 Å². The van der Waals surface area contributed by atoms with Gasteiger partial charge in [-0.3, -0.25) is 4.79 Å². The largest absolute Gasteiger partial charge is 0.344 e. The van der Waals surface area contributed by atoms with Gasteiger partial charge >= 0.3 is 0 Å². The summed E-state index contributed by atoms with van der Waals surface area (Å²) >= 11 is 0. The molecule has 1 aromatic rings. The van der Waals surface area contributed by atoms with Crippen LogP contribution in [0, 0.1) is 13.8 Å². The van der Waals surface area contributed by atoms with Crippen LogP contribution in [0.2, 0.25) is 0 Å². The Kier molecular flexibility index (Phi) is 3.28. The number of rotatable bonds is 3. The van der Waals surface area contributed by atoms with Gasteiger partial charge in [-0.15, -0.1) is 0 Å². The fourth-order valence-electron chi connectivity index (χ4n) is 1.15. The van der Waals surface area contributed by atoms with Gasteiger partial charge in [-0.05, 0) is 20.8 Å². The highest BCUT2D eigenvalue weighted by molar-refractivity contribution is 5.75. The van der Waals surface area contributed by atoms with Crippen LogP contribution in [0.1, 0.15) is 18.3 Å². The smallest absolute Gasteiger partial charge is 0.242 e. The highest BCUT2D eigenvalue weighted by atomic mass is 16.2. The van der Waals surface area contributed by atoms with E-state index in [1.165, 1.54) is 0 Å². The average molecular weight is 195 g/mol.